The second kappa shape index (κ2) is 7.53. The number of nitrogens with one attached hydrogen (secondary N) is 3. The van der Waals surface area contributed by atoms with Crippen molar-refractivity contribution in [3.05, 3.63) is 60.0 Å². The second-order valence-electron chi connectivity index (χ2n) is 7.25. The summed E-state index contributed by atoms with van der Waals surface area (Å²) >= 11 is 0. The third-order valence-electron chi connectivity index (χ3n) is 5.47. The molecule has 3 N–H and O–H groups in total. The van der Waals surface area contributed by atoms with Crippen molar-refractivity contribution in [2.75, 3.05) is 13.1 Å². The normalized spacial score (nSPS) is 19.5. The van der Waals surface area contributed by atoms with Crippen LogP contribution in [-0.4, -0.2) is 30.0 Å². The molecule has 1 aliphatic heterocycles. The highest BCUT2D eigenvalue weighted by Gasteiger charge is 2.24. The molecule has 1 saturated heterocycles. The van der Waals surface area contributed by atoms with Crippen LogP contribution in [0.25, 0.3) is 22.0 Å². The number of halogens is 1. The summed E-state index contributed by atoms with van der Waals surface area (Å²) in [5, 5.41) is 7.50. The van der Waals surface area contributed by atoms with E-state index in [1.807, 2.05) is 24.3 Å². The van der Waals surface area contributed by atoms with Crippen molar-refractivity contribution < 1.29 is 9.18 Å². The van der Waals surface area contributed by atoms with Gasteiger partial charge in [-0.3, -0.25) is 4.79 Å². The van der Waals surface area contributed by atoms with E-state index in [0.717, 1.165) is 41.4 Å². The molecule has 0 spiro atoms. The molecule has 0 aliphatic carbocycles. The molecule has 2 aromatic carbocycles. The predicted molar refractivity (Wildman–Crippen MR) is 106 cm³/mol. The maximum atomic E-state index is 13.4. The lowest BCUT2D eigenvalue weighted by Crippen LogP contribution is -2.37. The molecule has 1 fully saturated rings. The number of hydrogen-bond donors (Lipinski definition) is 3. The molecule has 4 rings (SSSR count). The average Bonchev–Trinajstić information content (AvgIpc) is 3.31. The highest BCUT2D eigenvalue weighted by molar-refractivity contribution is 6.09. The fourth-order valence-corrected chi connectivity index (χ4v) is 3.90. The maximum absolute atomic E-state index is 13.4. The molecule has 1 aliphatic rings. The number of H-pyrrole nitrogens is 1. The third-order valence-corrected chi connectivity index (χ3v) is 5.47. The Balaban J connectivity index is 1.62. The lowest BCUT2D eigenvalue weighted by atomic mass is 10.0. The number of amides is 1. The average molecular weight is 365 g/mol. The van der Waals surface area contributed by atoms with Crippen LogP contribution in [0.5, 0.6) is 0 Å². The molecule has 1 aromatic heterocycles. The minimum atomic E-state index is -0.289. The van der Waals surface area contributed by atoms with Gasteiger partial charge in [0.1, 0.15) is 11.5 Å². The molecular formula is C22H24FN3O. The van der Waals surface area contributed by atoms with Crippen LogP contribution in [0, 0.1) is 11.7 Å². The maximum Gasteiger partial charge on any atom is 0.268 e. The lowest BCUT2D eigenvalue weighted by molar-refractivity contribution is 0.0946. The summed E-state index contributed by atoms with van der Waals surface area (Å²) < 4.78 is 13.4. The number of aromatic nitrogens is 1. The van der Waals surface area contributed by atoms with Crippen LogP contribution in [0.3, 0.4) is 0 Å². The largest absolute Gasteiger partial charge is 0.350 e. The Morgan fingerprint density at radius 1 is 1.19 bits per heavy atom. The first-order chi connectivity index (χ1) is 13.2. The highest BCUT2D eigenvalue weighted by Crippen LogP contribution is 2.32. The minimum absolute atomic E-state index is 0.132. The molecule has 3 aromatic rings. The zero-order valence-corrected chi connectivity index (χ0v) is 15.4. The van der Waals surface area contributed by atoms with Crippen LogP contribution in [0.15, 0.2) is 48.5 Å². The van der Waals surface area contributed by atoms with Crippen molar-refractivity contribution in [3.8, 4) is 11.1 Å². The quantitative estimate of drug-likeness (QED) is 0.638. The van der Waals surface area contributed by atoms with Gasteiger partial charge in [0, 0.05) is 29.1 Å². The van der Waals surface area contributed by atoms with Gasteiger partial charge in [-0.25, -0.2) is 4.39 Å². The van der Waals surface area contributed by atoms with E-state index >= 15 is 0 Å². The Labute approximate surface area is 158 Å². The van der Waals surface area contributed by atoms with Gasteiger partial charge in [-0.15, -0.1) is 0 Å². The van der Waals surface area contributed by atoms with E-state index in [-0.39, 0.29) is 11.7 Å². The summed E-state index contributed by atoms with van der Waals surface area (Å²) in [5.41, 5.74) is 3.05. The van der Waals surface area contributed by atoms with Crippen molar-refractivity contribution in [1.82, 2.24) is 15.6 Å². The Hall–Kier alpha value is -2.66. The molecule has 0 radical (unpaired) electrons. The number of para-hydroxylation sites is 1. The van der Waals surface area contributed by atoms with Crippen LogP contribution < -0.4 is 10.6 Å². The monoisotopic (exact) mass is 365 g/mol. The number of benzene rings is 2. The second-order valence-corrected chi connectivity index (χ2v) is 7.25. The van der Waals surface area contributed by atoms with E-state index in [9.17, 15) is 9.18 Å². The van der Waals surface area contributed by atoms with Crippen molar-refractivity contribution in [1.29, 1.82) is 0 Å². The molecule has 140 valence electrons. The van der Waals surface area contributed by atoms with Crippen LogP contribution in [0.1, 0.15) is 30.3 Å². The predicted octanol–water partition coefficient (Wildman–Crippen LogP) is 4.09. The van der Waals surface area contributed by atoms with E-state index in [2.05, 4.69) is 22.5 Å². The number of fused-ring (bicyclic) bond motifs is 1. The van der Waals surface area contributed by atoms with Crippen molar-refractivity contribution in [3.63, 3.8) is 0 Å². The number of rotatable bonds is 5. The van der Waals surface area contributed by atoms with E-state index in [4.69, 9.17) is 0 Å². The Morgan fingerprint density at radius 2 is 1.96 bits per heavy atom. The zero-order valence-electron chi connectivity index (χ0n) is 15.4. The van der Waals surface area contributed by atoms with Gasteiger partial charge in [0.05, 0.1) is 0 Å². The molecule has 5 heteroatoms. The smallest absolute Gasteiger partial charge is 0.268 e. The van der Waals surface area contributed by atoms with Gasteiger partial charge < -0.3 is 15.6 Å². The van der Waals surface area contributed by atoms with Crippen molar-refractivity contribution >= 4 is 16.8 Å². The molecule has 4 nitrogen and oxygen atoms in total. The van der Waals surface area contributed by atoms with Crippen molar-refractivity contribution in [2.24, 2.45) is 5.92 Å². The SMILES string of the molecule is CC[C@H]1CNC(CNC(=O)c2[nH]c3ccccc3c2-c2ccc(F)cc2)C1. The van der Waals surface area contributed by atoms with Crippen LogP contribution in [-0.2, 0) is 0 Å². The third kappa shape index (κ3) is 3.60. The Bertz CT molecular complexity index is 948. The van der Waals surface area contributed by atoms with E-state index < -0.39 is 0 Å². The molecule has 0 bridgehead atoms. The van der Waals surface area contributed by atoms with Crippen LogP contribution >= 0.6 is 0 Å². The number of hydrogen-bond acceptors (Lipinski definition) is 2. The fourth-order valence-electron chi connectivity index (χ4n) is 3.90. The molecule has 2 atom stereocenters. The first-order valence-corrected chi connectivity index (χ1v) is 9.54. The van der Waals surface area contributed by atoms with Gasteiger partial charge >= 0.3 is 0 Å². The molecule has 1 amide bonds. The topological polar surface area (TPSA) is 56.9 Å². The summed E-state index contributed by atoms with van der Waals surface area (Å²) in [6.07, 6.45) is 2.25. The van der Waals surface area contributed by atoms with Crippen molar-refractivity contribution in [2.45, 2.75) is 25.8 Å². The van der Waals surface area contributed by atoms with Gasteiger partial charge in [-0.2, -0.15) is 0 Å². The molecule has 2 heterocycles. The van der Waals surface area contributed by atoms with E-state index in [1.54, 1.807) is 12.1 Å². The summed E-state index contributed by atoms with van der Waals surface area (Å²) in [5.74, 6) is 0.268. The summed E-state index contributed by atoms with van der Waals surface area (Å²) in [7, 11) is 0. The Kier molecular flexibility index (Phi) is 4.94. The summed E-state index contributed by atoms with van der Waals surface area (Å²) in [6.45, 7) is 3.82. The standard InChI is InChI=1S/C22H24FN3O/c1-2-14-11-17(24-12-14)13-25-22(27)21-20(15-7-9-16(23)10-8-15)18-5-3-4-6-19(18)26-21/h3-10,14,17,24,26H,2,11-13H2,1H3,(H,25,27)/t14-,17?/m1/s1. The number of carbonyl (C=O) groups excluding carboxylic acids is 1. The van der Waals surface area contributed by atoms with Gasteiger partial charge in [0.2, 0.25) is 0 Å². The summed E-state index contributed by atoms with van der Waals surface area (Å²) in [4.78, 5) is 16.2. The van der Waals surface area contributed by atoms with E-state index in [1.165, 1.54) is 12.1 Å². The molecule has 27 heavy (non-hydrogen) atoms. The Morgan fingerprint density at radius 3 is 2.70 bits per heavy atom. The van der Waals surface area contributed by atoms with Gasteiger partial charge in [0.15, 0.2) is 0 Å². The van der Waals surface area contributed by atoms with Crippen LogP contribution in [0.4, 0.5) is 4.39 Å². The minimum Gasteiger partial charge on any atom is -0.350 e. The van der Waals surface area contributed by atoms with Crippen LogP contribution in [0.2, 0.25) is 0 Å². The number of aromatic amines is 1. The highest BCUT2D eigenvalue weighted by atomic mass is 19.1. The molecule has 0 saturated carbocycles. The first kappa shape index (κ1) is 17.7. The molecule has 1 unspecified atom stereocenters. The van der Waals surface area contributed by atoms with Gasteiger partial charge in [-0.05, 0) is 42.6 Å². The lowest BCUT2D eigenvalue weighted by Gasteiger charge is -2.12. The first-order valence-electron chi connectivity index (χ1n) is 9.54. The zero-order chi connectivity index (χ0) is 18.8. The summed E-state index contributed by atoms with van der Waals surface area (Å²) in [6, 6.07) is 14.4. The van der Waals surface area contributed by atoms with E-state index in [0.29, 0.717) is 24.2 Å². The molecular weight excluding hydrogens is 341 g/mol. The van der Waals surface area contributed by atoms with Gasteiger partial charge in [-0.1, -0.05) is 43.7 Å². The van der Waals surface area contributed by atoms with Gasteiger partial charge in [0.25, 0.3) is 5.91 Å². The fraction of sp³-hybridized carbons (Fsp3) is 0.318. The number of carbonyl (C=O) groups is 1.